The lowest BCUT2D eigenvalue weighted by Gasteiger charge is -2.15. The summed E-state index contributed by atoms with van der Waals surface area (Å²) in [5, 5.41) is 6.33. The van der Waals surface area contributed by atoms with Crippen molar-refractivity contribution in [1.82, 2.24) is 15.6 Å². The number of halogens is 2. The van der Waals surface area contributed by atoms with E-state index in [9.17, 15) is 8.78 Å². The van der Waals surface area contributed by atoms with Crippen LogP contribution < -0.4 is 20.3 Å². The van der Waals surface area contributed by atoms with Crippen molar-refractivity contribution < 1.29 is 13.5 Å². The summed E-state index contributed by atoms with van der Waals surface area (Å²) >= 11 is 0. The molecule has 0 aliphatic rings. The number of nitrogens with one attached hydrogen (secondary N) is 2. The maximum atomic E-state index is 12.6. The van der Waals surface area contributed by atoms with Crippen molar-refractivity contribution in [1.29, 1.82) is 0 Å². The topological polar surface area (TPSA) is 61.8 Å². The van der Waals surface area contributed by atoms with Gasteiger partial charge in [0.1, 0.15) is 11.6 Å². The number of guanidine groups is 1. The third-order valence-corrected chi connectivity index (χ3v) is 3.91. The molecule has 2 N–H and O–H groups in total. The number of alkyl halides is 2. The Kier molecular flexibility index (Phi) is 7.98. The molecule has 0 spiro atoms. The molecule has 0 saturated carbocycles. The first-order valence-electron chi connectivity index (χ1n) is 9.07. The maximum Gasteiger partial charge on any atom is 0.387 e. The van der Waals surface area contributed by atoms with E-state index in [4.69, 9.17) is 0 Å². The fourth-order valence-electron chi connectivity index (χ4n) is 2.55. The van der Waals surface area contributed by atoms with Gasteiger partial charge in [-0.25, -0.2) is 9.98 Å². The normalized spacial score (nSPS) is 11.5. The first-order valence-corrected chi connectivity index (χ1v) is 9.07. The Bertz CT molecular complexity index is 796. The number of aromatic nitrogens is 1. The lowest BCUT2D eigenvalue weighted by atomic mass is 10.1. The largest absolute Gasteiger partial charge is 0.434 e. The van der Waals surface area contributed by atoms with Crippen LogP contribution in [-0.2, 0) is 13.1 Å². The van der Waals surface area contributed by atoms with E-state index in [0.717, 1.165) is 16.9 Å². The van der Waals surface area contributed by atoms with Crippen LogP contribution in [0, 0.1) is 6.92 Å². The average Bonchev–Trinajstić information content (AvgIpc) is 2.65. The number of hydrogen-bond acceptors (Lipinski definition) is 4. The second kappa shape index (κ2) is 10.4. The molecule has 0 bridgehead atoms. The first kappa shape index (κ1) is 21.4. The molecule has 2 aromatic rings. The first-order chi connectivity index (χ1) is 13.4. The summed E-state index contributed by atoms with van der Waals surface area (Å²) in [5.41, 5.74) is 2.63. The molecule has 0 atom stereocenters. The molecule has 0 radical (unpaired) electrons. The number of aliphatic imine (C=N–C) groups is 1. The fourth-order valence-corrected chi connectivity index (χ4v) is 2.55. The predicted octanol–water partition coefficient (Wildman–Crippen LogP) is 3.31. The van der Waals surface area contributed by atoms with Crippen LogP contribution in [0.3, 0.4) is 0 Å². The highest BCUT2D eigenvalue weighted by molar-refractivity contribution is 5.79. The summed E-state index contributed by atoms with van der Waals surface area (Å²) in [6.45, 7) is 2.47. The smallest absolute Gasteiger partial charge is 0.387 e. The molecular formula is C20H27F2N5O. The number of nitrogens with zero attached hydrogens (tertiary/aromatic N) is 3. The van der Waals surface area contributed by atoms with Crippen molar-refractivity contribution >= 4 is 11.8 Å². The van der Waals surface area contributed by atoms with Crippen LogP contribution in [0.25, 0.3) is 0 Å². The quantitative estimate of drug-likeness (QED) is 0.534. The molecule has 2 rings (SSSR count). The van der Waals surface area contributed by atoms with Crippen molar-refractivity contribution in [2.75, 3.05) is 25.5 Å². The van der Waals surface area contributed by atoms with E-state index in [1.807, 2.05) is 51.0 Å². The molecule has 0 aliphatic heterocycles. The molecule has 0 saturated heterocycles. The Balaban J connectivity index is 2.10. The van der Waals surface area contributed by atoms with Crippen molar-refractivity contribution in [3.05, 3.63) is 53.2 Å². The van der Waals surface area contributed by atoms with Gasteiger partial charge in [-0.2, -0.15) is 8.78 Å². The van der Waals surface area contributed by atoms with Crippen molar-refractivity contribution in [3.63, 3.8) is 0 Å². The van der Waals surface area contributed by atoms with E-state index in [1.54, 1.807) is 18.3 Å². The van der Waals surface area contributed by atoms with Crippen LogP contribution in [0.4, 0.5) is 14.6 Å². The van der Waals surface area contributed by atoms with Crippen LogP contribution in [0.1, 0.15) is 23.6 Å². The minimum atomic E-state index is -2.86. The third-order valence-electron chi connectivity index (χ3n) is 3.91. The van der Waals surface area contributed by atoms with E-state index in [2.05, 4.69) is 25.3 Å². The van der Waals surface area contributed by atoms with Crippen LogP contribution in [0.15, 0.2) is 41.5 Å². The molecule has 1 heterocycles. The van der Waals surface area contributed by atoms with Crippen LogP contribution in [0.5, 0.6) is 5.75 Å². The van der Waals surface area contributed by atoms with Gasteiger partial charge >= 0.3 is 6.61 Å². The van der Waals surface area contributed by atoms with E-state index < -0.39 is 6.61 Å². The van der Waals surface area contributed by atoms with Crippen LogP contribution >= 0.6 is 0 Å². The van der Waals surface area contributed by atoms with Gasteiger partial charge in [0.25, 0.3) is 0 Å². The molecule has 28 heavy (non-hydrogen) atoms. The average molecular weight is 391 g/mol. The molecular weight excluding hydrogens is 364 g/mol. The molecule has 0 aliphatic carbocycles. The highest BCUT2D eigenvalue weighted by Gasteiger charge is 2.10. The van der Waals surface area contributed by atoms with Gasteiger partial charge in [-0.3, -0.25) is 0 Å². The number of anilines is 1. The SMILES string of the molecule is CCNC(=NCc1ccnc(N(C)C)c1)NCc1cc(C)ccc1OC(F)F. The Morgan fingerprint density at radius 2 is 2.00 bits per heavy atom. The number of benzene rings is 1. The molecule has 1 aromatic heterocycles. The Hall–Kier alpha value is -2.90. The van der Waals surface area contributed by atoms with Crippen molar-refractivity contribution in [3.8, 4) is 5.75 Å². The summed E-state index contributed by atoms with van der Waals surface area (Å²) in [4.78, 5) is 10.8. The highest BCUT2D eigenvalue weighted by Crippen LogP contribution is 2.22. The minimum absolute atomic E-state index is 0.161. The van der Waals surface area contributed by atoms with Gasteiger partial charge in [-0.15, -0.1) is 0 Å². The molecule has 0 amide bonds. The lowest BCUT2D eigenvalue weighted by molar-refractivity contribution is -0.0504. The van der Waals surface area contributed by atoms with Gasteiger partial charge in [0.05, 0.1) is 6.54 Å². The second-order valence-electron chi connectivity index (χ2n) is 6.46. The monoisotopic (exact) mass is 391 g/mol. The number of rotatable bonds is 8. The fraction of sp³-hybridized carbons (Fsp3) is 0.400. The third kappa shape index (κ3) is 6.68. The van der Waals surface area contributed by atoms with Gasteiger partial charge in [-0.1, -0.05) is 17.7 Å². The summed E-state index contributed by atoms with van der Waals surface area (Å²) < 4.78 is 29.9. The summed E-state index contributed by atoms with van der Waals surface area (Å²) in [7, 11) is 3.86. The summed E-state index contributed by atoms with van der Waals surface area (Å²) in [6.07, 6.45) is 1.75. The van der Waals surface area contributed by atoms with Gasteiger partial charge in [0.2, 0.25) is 0 Å². The predicted molar refractivity (Wildman–Crippen MR) is 108 cm³/mol. The minimum Gasteiger partial charge on any atom is -0.434 e. The van der Waals surface area contributed by atoms with E-state index in [-0.39, 0.29) is 5.75 Å². The zero-order valence-corrected chi connectivity index (χ0v) is 16.7. The van der Waals surface area contributed by atoms with Crippen LogP contribution in [0.2, 0.25) is 0 Å². The van der Waals surface area contributed by atoms with Crippen molar-refractivity contribution in [2.24, 2.45) is 4.99 Å². The van der Waals surface area contributed by atoms with Gasteiger partial charge in [0.15, 0.2) is 5.96 Å². The highest BCUT2D eigenvalue weighted by atomic mass is 19.3. The zero-order valence-electron chi connectivity index (χ0n) is 16.7. The molecule has 6 nitrogen and oxygen atoms in total. The molecule has 152 valence electrons. The van der Waals surface area contributed by atoms with Crippen molar-refractivity contribution in [2.45, 2.75) is 33.5 Å². The summed E-state index contributed by atoms with van der Waals surface area (Å²) in [5.74, 6) is 1.61. The number of ether oxygens (including phenoxy) is 1. The zero-order chi connectivity index (χ0) is 20.5. The summed E-state index contributed by atoms with van der Waals surface area (Å²) in [6, 6.07) is 9.01. The van der Waals surface area contributed by atoms with E-state index >= 15 is 0 Å². The van der Waals surface area contributed by atoms with Gasteiger partial charge in [0, 0.05) is 38.9 Å². The van der Waals surface area contributed by atoms with Gasteiger partial charge < -0.3 is 20.3 Å². The Morgan fingerprint density at radius 1 is 1.21 bits per heavy atom. The number of hydrogen-bond donors (Lipinski definition) is 2. The standard InChI is InChI=1S/C20H27F2N5O/c1-5-23-20(25-12-15-8-9-24-18(11-15)27(3)4)26-13-16-10-14(2)6-7-17(16)28-19(21)22/h6-11,19H,5,12-13H2,1-4H3,(H2,23,25,26). The Morgan fingerprint density at radius 3 is 2.68 bits per heavy atom. The molecule has 1 aromatic carbocycles. The number of pyridine rings is 1. The molecule has 8 heteroatoms. The maximum absolute atomic E-state index is 12.6. The van der Waals surface area contributed by atoms with E-state index in [0.29, 0.717) is 31.2 Å². The van der Waals surface area contributed by atoms with Gasteiger partial charge in [-0.05, 0) is 37.6 Å². The Labute approximate surface area is 164 Å². The molecule has 0 unspecified atom stereocenters. The lowest BCUT2D eigenvalue weighted by Crippen LogP contribution is -2.37. The van der Waals surface area contributed by atoms with E-state index in [1.165, 1.54) is 0 Å². The number of aryl methyl sites for hydroxylation is 1. The second-order valence-corrected chi connectivity index (χ2v) is 6.46. The van der Waals surface area contributed by atoms with Crippen LogP contribution in [-0.4, -0.2) is 38.2 Å². The molecule has 0 fully saturated rings.